The Morgan fingerprint density at radius 3 is 2.16 bits per heavy atom. The van der Waals surface area contributed by atoms with E-state index in [4.69, 9.17) is 56.4 Å². The predicted octanol–water partition coefficient (Wildman–Crippen LogP) is 4.30. The summed E-state index contributed by atoms with van der Waals surface area (Å²) in [7, 11) is 0. The molecule has 3 heterocycles. The number of carbonyl (C=O) groups excluding carboxylic acids is 5. The number of hydrogen-bond acceptors (Lipinski definition) is 13. The summed E-state index contributed by atoms with van der Waals surface area (Å²) in [4.78, 5) is 61.7. The lowest BCUT2D eigenvalue weighted by molar-refractivity contribution is -0.257. The first kappa shape index (κ1) is 34.8. The van der Waals surface area contributed by atoms with Crippen LogP contribution >= 0.6 is 23.2 Å². The van der Waals surface area contributed by atoms with Gasteiger partial charge in [-0.15, -0.1) is 0 Å². The summed E-state index contributed by atoms with van der Waals surface area (Å²) in [5.74, 6) is -3.58. The molecule has 1 saturated heterocycles. The number of ether oxygens (including phenoxy) is 7. The minimum absolute atomic E-state index is 0.0159. The Labute approximate surface area is 294 Å². The third-order valence-corrected chi connectivity index (χ3v) is 8.75. The highest BCUT2D eigenvalue weighted by atomic mass is 35.5. The summed E-state index contributed by atoms with van der Waals surface area (Å²) in [6, 6.07) is 11.0. The number of amides is 1. The van der Waals surface area contributed by atoms with E-state index in [1.165, 1.54) is 31.2 Å². The number of phenolic OH excluding ortho intramolecular Hbond substituents is 1. The number of carbonyl (C=O) groups is 5. The fraction of sp³-hybridized carbons (Fsp3) is 0.324. The fourth-order valence-corrected chi connectivity index (χ4v) is 6.66. The second-order valence-electron chi connectivity index (χ2n) is 11.6. The van der Waals surface area contributed by atoms with E-state index in [1.54, 1.807) is 24.3 Å². The van der Waals surface area contributed by atoms with Crippen LogP contribution in [0.4, 0.5) is 0 Å². The first-order chi connectivity index (χ1) is 23.7. The number of rotatable bonds is 7. The van der Waals surface area contributed by atoms with E-state index >= 15 is 0 Å². The average molecular weight is 731 g/mol. The number of esters is 4. The number of benzene rings is 3. The van der Waals surface area contributed by atoms with Gasteiger partial charge in [0.25, 0.3) is 0 Å². The van der Waals surface area contributed by atoms with Crippen LogP contribution in [0.5, 0.6) is 23.0 Å². The zero-order chi connectivity index (χ0) is 36.1. The van der Waals surface area contributed by atoms with Crippen LogP contribution in [0.15, 0.2) is 48.5 Å². The Hall–Kier alpha value is -5.05. The molecule has 0 bridgehead atoms. The SMILES string of the molecule is CC(=O)N[C@H]1[C@H](Oc2cc3c(cc2Cl)C2(OC(=O)c4ccccc42)c2cc(Cl)c(O)cc2O3)O[C@H](COC(C)=O)[C@@H](OC(C)=O)[C@@H]1OC(C)=O. The van der Waals surface area contributed by atoms with Gasteiger partial charge in [-0.1, -0.05) is 41.4 Å². The van der Waals surface area contributed by atoms with E-state index in [1.807, 2.05) is 0 Å². The molecule has 16 heteroatoms. The summed E-state index contributed by atoms with van der Waals surface area (Å²) >= 11 is 13.2. The maximum atomic E-state index is 13.2. The van der Waals surface area contributed by atoms with Gasteiger partial charge in [-0.2, -0.15) is 0 Å². The maximum Gasteiger partial charge on any atom is 0.340 e. The van der Waals surface area contributed by atoms with Crippen molar-refractivity contribution in [3.05, 3.63) is 80.8 Å². The van der Waals surface area contributed by atoms with Crippen LogP contribution in [-0.4, -0.2) is 72.1 Å². The second kappa shape index (κ2) is 13.3. The number of aromatic hydroxyl groups is 1. The van der Waals surface area contributed by atoms with Gasteiger partial charge in [-0.25, -0.2) is 4.79 Å². The van der Waals surface area contributed by atoms with Crippen molar-refractivity contribution in [2.75, 3.05) is 6.61 Å². The number of hydrogen-bond donors (Lipinski definition) is 2. The van der Waals surface area contributed by atoms with Crippen LogP contribution in [0.3, 0.4) is 0 Å². The molecule has 6 atom stereocenters. The maximum absolute atomic E-state index is 13.2. The van der Waals surface area contributed by atoms with Crippen molar-refractivity contribution in [3.63, 3.8) is 0 Å². The van der Waals surface area contributed by atoms with Gasteiger partial charge in [0.15, 0.2) is 17.8 Å². The van der Waals surface area contributed by atoms with Gasteiger partial charge in [0, 0.05) is 56.5 Å². The van der Waals surface area contributed by atoms with Crippen LogP contribution in [0.2, 0.25) is 10.0 Å². The molecule has 14 nitrogen and oxygen atoms in total. The van der Waals surface area contributed by atoms with E-state index in [9.17, 15) is 29.1 Å². The summed E-state index contributed by atoms with van der Waals surface area (Å²) in [6.45, 7) is 4.15. The van der Waals surface area contributed by atoms with Gasteiger partial charge < -0.3 is 43.6 Å². The van der Waals surface area contributed by atoms with E-state index in [0.29, 0.717) is 22.3 Å². The summed E-state index contributed by atoms with van der Waals surface area (Å²) in [5, 5.41) is 13.0. The van der Waals surface area contributed by atoms with Gasteiger partial charge in [0.1, 0.15) is 41.8 Å². The van der Waals surface area contributed by atoms with Gasteiger partial charge in [-0.3, -0.25) is 19.2 Å². The molecule has 3 aliphatic heterocycles. The normalized spacial score (nSPS) is 24.4. The van der Waals surface area contributed by atoms with E-state index < -0.39 is 72.6 Å². The van der Waals surface area contributed by atoms with Crippen LogP contribution in [0, 0.1) is 0 Å². The number of fused-ring (bicyclic) bond motifs is 6. The van der Waals surface area contributed by atoms with Gasteiger partial charge >= 0.3 is 23.9 Å². The molecule has 1 spiro atoms. The van der Waals surface area contributed by atoms with Crippen LogP contribution in [-0.2, 0) is 48.5 Å². The molecule has 0 aliphatic carbocycles. The third kappa shape index (κ3) is 6.25. The van der Waals surface area contributed by atoms with Crippen LogP contribution < -0.4 is 14.8 Å². The number of phenols is 1. The topological polar surface area (TPSA) is 182 Å². The molecule has 0 saturated carbocycles. The van der Waals surface area contributed by atoms with Crippen LogP contribution in [0.1, 0.15) is 54.7 Å². The smallest absolute Gasteiger partial charge is 0.340 e. The lowest BCUT2D eigenvalue weighted by Crippen LogP contribution is -2.67. The highest BCUT2D eigenvalue weighted by molar-refractivity contribution is 6.32. The van der Waals surface area contributed by atoms with Crippen molar-refractivity contribution < 1.29 is 62.2 Å². The summed E-state index contributed by atoms with van der Waals surface area (Å²) in [6.07, 6.45) is -5.47. The minimum atomic E-state index is -1.59. The highest BCUT2D eigenvalue weighted by Gasteiger charge is 2.55. The van der Waals surface area contributed by atoms with Crippen molar-refractivity contribution in [3.8, 4) is 23.0 Å². The Kier molecular flexibility index (Phi) is 9.29. The molecule has 262 valence electrons. The number of halogens is 2. The fourth-order valence-electron chi connectivity index (χ4n) is 6.28. The zero-order valence-electron chi connectivity index (χ0n) is 26.8. The Morgan fingerprint density at radius 1 is 0.860 bits per heavy atom. The molecule has 0 aromatic heterocycles. The first-order valence-corrected chi connectivity index (χ1v) is 15.9. The Morgan fingerprint density at radius 2 is 1.50 bits per heavy atom. The quantitative estimate of drug-likeness (QED) is 0.260. The third-order valence-electron chi connectivity index (χ3n) is 8.15. The van der Waals surface area contributed by atoms with E-state index in [0.717, 1.165) is 20.8 Å². The molecular formula is C34H29Cl2NO13. The molecule has 6 rings (SSSR count). The van der Waals surface area contributed by atoms with E-state index in [-0.39, 0.29) is 33.0 Å². The largest absolute Gasteiger partial charge is 0.506 e. The van der Waals surface area contributed by atoms with Gasteiger partial charge in [0.05, 0.1) is 15.6 Å². The summed E-state index contributed by atoms with van der Waals surface area (Å²) < 4.78 is 40.8. The molecule has 2 N–H and O–H groups in total. The Bertz CT molecular complexity index is 1930. The van der Waals surface area contributed by atoms with Crippen molar-refractivity contribution in [1.29, 1.82) is 0 Å². The van der Waals surface area contributed by atoms with Crippen molar-refractivity contribution in [1.82, 2.24) is 5.32 Å². The predicted molar refractivity (Wildman–Crippen MR) is 171 cm³/mol. The molecular weight excluding hydrogens is 701 g/mol. The zero-order valence-corrected chi connectivity index (χ0v) is 28.3. The molecule has 3 aromatic rings. The van der Waals surface area contributed by atoms with Crippen LogP contribution in [0.25, 0.3) is 0 Å². The van der Waals surface area contributed by atoms with Gasteiger partial charge in [-0.05, 0) is 18.2 Å². The molecule has 3 aromatic carbocycles. The lowest BCUT2D eigenvalue weighted by Gasteiger charge is -2.45. The van der Waals surface area contributed by atoms with Crippen molar-refractivity contribution >= 4 is 53.0 Å². The average Bonchev–Trinajstić information content (AvgIpc) is 3.33. The number of nitrogens with one attached hydrogen (secondary N) is 1. The molecule has 0 radical (unpaired) electrons. The molecule has 50 heavy (non-hydrogen) atoms. The molecule has 1 amide bonds. The molecule has 1 fully saturated rings. The standard InChI is InChI=1S/C34H29Cl2NO13/c1-14(38)37-29-31(46-17(4)41)30(45-16(3)40)28(13-44-15(2)39)49-33(29)48-27-12-26-21(10-23(27)36)34(19-8-6-5-7-18(19)32(43)50-34)20-9-22(35)24(42)11-25(20)47-26/h5-12,28-31,33,42H,13H2,1-4H3,(H,37,38)/t28-,29-,30-,31-,33-,34?/m1/s1. The monoisotopic (exact) mass is 729 g/mol. The lowest BCUT2D eigenvalue weighted by atomic mass is 9.77. The Balaban J connectivity index is 1.46. The van der Waals surface area contributed by atoms with Crippen molar-refractivity contribution in [2.45, 2.75) is 63.9 Å². The highest BCUT2D eigenvalue weighted by Crippen LogP contribution is 2.58. The second-order valence-corrected chi connectivity index (χ2v) is 12.4. The molecule has 3 aliphatic rings. The molecule has 1 unspecified atom stereocenters. The van der Waals surface area contributed by atoms with Crippen molar-refractivity contribution in [2.24, 2.45) is 0 Å². The minimum Gasteiger partial charge on any atom is -0.506 e. The summed E-state index contributed by atoms with van der Waals surface area (Å²) in [5.41, 5.74) is -0.212. The van der Waals surface area contributed by atoms with E-state index in [2.05, 4.69) is 5.32 Å². The first-order valence-electron chi connectivity index (χ1n) is 15.1. The van der Waals surface area contributed by atoms with Gasteiger partial charge in [0.2, 0.25) is 12.2 Å².